The number of allylic oxidation sites excluding steroid dienone is 5. The van der Waals surface area contributed by atoms with Gasteiger partial charge in [0.25, 0.3) is 0 Å². The number of amides is 1. The molecule has 66 heavy (non-hydrogen) atoms. The minimum absolute atomic E-state index is 0.00543. The lowest BCUT2D eigenvalue weighted by molar-refractivity contribution is -0.124. The standard InChI is InChI=1S/C61H117NO4/c1-3-5-7-9-11-13-15-17-19-20-21-22-23-24-25-26-27-28-29-30-31-32-33-34-35-36-37-38-39-40-41-42-44-46-48-50-52-54-58(64)56-61(66)62-59(57-63)60(65)55-53-51-49-47-45-43-18-16-14-12-10-8-6-4-2/h14,16,45,47,53,55,58-60,63-65H,3-13,15,17-44,46,48-52,54,56-57H2,1-2H3,(H,62,66)/b16-14+,47-45+,55-53+. The quantitative estimate of drug-likeness (QED) is 0.0361. The average Bonchev–Trinajstić information content (AvgIpc) is 3.31. The molecule has 5 nitrogen and oxygen atoms in total. The summed E-state index contributed by atoms with van der Waals surface area (Å²) in [7, 11) is 0. The second-order valence-corrected chi connectivity index (χ2v) is 20.6. The van der Waals surface area contributed by atoms with Crippen LogP contribution in [0.25, 0.3) is 0 Å². The van der Waals surface area contributed by atoms with Crippen molar-refractivity contribution in [2.24, 2.45) is 0 Å². The van der Waals surface area contributed by atoms with E-state index in [-0.39, 0.29) is 18.9 Å². The molecule has 0 aromatic rings. The molecule has 0 aromatic carbocycles. The minimum Gasteiger partial charge on any atom is -0.394 e. The molecule has 0 heterocycles. The van der Waals surface area contributed by atoms with E-state index in [0.717, 1.165) is 38.5 Å². The number of aliphatic hydroxyl groups is 3. The molecule has 5 heteroatoms. The molecule has 0 aromatic heterocycles. The lowest BCUT2D eigenvalue weighted by Crippen LogP contribution is -2.45. The van der Waals surface area contributed by atoms with Crippen LogP contribution in [0.1, 0.15) is 322 Å². The Hall–Kier alpha value is -1.43. The molecule has 0 saturated heterocycles. The number of aliphatic hydroxyl groups excluding tert-OH is 3. The second-order valence-electron chi connectivity index (χ2n) is 20.6. The predicted octanol–water partition coefficient (Wildman–Crippen LogP) is 18.6. The Morgan fingerprint density at radius 1 is 0.379 bits per heavy atom. The van der Waals surface area contributed by atoms with Crippen LogP contribution in [0.4, 0.5) is 0 Å². The summed E-state index contributed by atoms with van der Waals surface area (Å²) in [5.41, 5.74) is 0. The summed E-state index contributed by atoms with van der Waals surface area (Å²) >= 11 is 0. The zero-order valence-corrected chi connectivity index (χ0v) is 44.6. The van der Waals surface area contributed by atoms with E-state index >= 15 is 0 Å². The molecular formula is C61H117NO4. The molecule has 0 aliphatic rings. The van der Waals surface area contributed by atoms with Crippen molar-refractivity contribution in [1.82, 2.24) is 5.32 Å². The fraction of sp³-hybridized carbons (Fsp3) is 0.885. The maximum atomic E-state index is 12.5. The number of carbonyl (C=O) groups excluding carboxylic acids is 1. The molecule has 1 amide bonds. The van der Waals surface area contributed by atoms with Gasteiger partial charge in [-0.1, -0.05) is 307 Å². The monoisotopic (exact) mass is 928 g/mol. The highest BCUT2D eigenvalue weighted by Gasteiger charge is 2.20. The summed E-state index contributed by atoms with van der Waals surface area (Å²) in [4.78, 5) is 12.5. The predicted molar refractivity (Wildman–Crippen MR) is 291 cm³/mol. The minimum atomic E-state index is -0.958. The molecule has 3 unspecified atom stereocenters. The third kappa shape index (κ3) is 52.0. The van der Waals surface area contributed by atoms with Gasteiger partial charge in [0.2, 0.25) is 5.91 Å². The summed E-state index contributed by atoms with van der Waals surface area (Å²) in [6, 6.07) is -0.766. The number of rotatable bonds is 55. The third-order valence-corrected chi connectivity index (χ3v) is 13.9. The van der Waals surface area contributed by atoms with E-state index in [1.165, 1.54) is 257 Å². The van der Waals surface area contributed by atoms with Crippen molar-refractivity contribution < 1.29 is 20.1 Å². The van der Waals surface area contributed by atoms with Crippen LogP contribution >= 0.6 is 0 Å². The normalized spacial score (nSPS) is 13.5. The van der Waals surface area contributed by atoms with Gasteiger partial charge >= 0.3 is 0 Å². The van der Waals surface area contributed by atoms with Gasteiger partial charge in [-0.05, 0) is 44.9 Å². The largest absolute Gasteiger partial charge is 0.394 e. The number of hydrogen-bond donors (Lipinski definition) is 4. The second kappa shape index (κ2) is 56.2. The van der Waals surface area contributed by atoms with Crippen LogP contribution in [0, 0.1) is 0 Å². The number of unbranched alkanes of at least 4 members (excludes halogenated alkanes) is 42. The molecule has 4 N–H and O–H groups in total. The Kier molecular flexibility index (Phi) is 54.9. The smallest absolute Gasteiger partial charge is 0.222 e. The average molecular weight is 929 g/mol. The van der Waals surface area contributed by atoms with E-state index in [9.17, 15) is 20.1 Å². The molecule has 0 radical (unpaired) electrons. The summed E-state index contributed by atoms with van der Waals surface area (Å²) in [5, 5.41) is 33.3. The lowest BCUT2D eigenvalue weighted by atomic mass is 10.0. The Morgan fingerprint density at radius 3 is 0.970 bits per heavy atom. The van der Waals surface area contributed by atoms with Crippen LogP contribution in [0.2, 0.25) is 0 Å². The van der Waals surface area contributed by atoms with Crippen molar-refractivity contribution in [1.29, 1.82) is 0 Å². The Bertz CT molecular complexity index is 1020. The van der Waals surface area contributed by atoms with Gasteiger partial charge in [-0.2, -0.15) is 0 Å². The van der Waals surface area contributed by atoms with Gasteiger partial charge in [0.15, 0.2) is 0 Å². The SMILES string of the molecule is CCCCCC/C=C/CC/C=C/CC/C=C/C(O)C(CO)NC(=O)CC(O)CCCCCCCCCCCCCCCCCCCCCCCCCCCCCCCCCCCCCCC. The molecule has 0 aliphatic heterocycles. The Balaban J connectivity index is 3.45. The first-order valence-corrected chi connectivity index (χ1v) is 29.8. The van der Waals surface area contributed by atoms with Crippen LogP contribution < -0.4 is 5.32 Å². The maximum Gasteiger partial charge on any atom is 0.222 e. The fourth-order valence-electron chi connectivity index (χ4n) is 9.38. The van der Waals surface area contributed by atoms with Gasteiger partial charge in [0.1, 0.15) is 0 Å². The topological polar surface area (TPSA) is 89.8 Å². The van der Waals surface area contributed by atoms with Crippen molar-refractivity contribution in [2.45, 2.75) is 340 Å². The van der Waals surface area contributed by atoms with Crippen molar-refractivity contribution in [3.05, 3.63) is 36.5 Å². The van der Waals surface area contributed by atoms with Gasteiger partial charge in [-0.15, -0.1) is 0 Å². The highest BCUT2D eigenvalue weighted by atomic mass is 16.3. The zero-order valence-electron chi connectivity index (χ0n) is 44.6. The van der Waals surface area contributed by atoms with E-state index in [2.05, 4.69) is 43.5 Å². The van der Waals surface area contributed by atoms with Crippen LogP contribution in [-0.2, 0) is 4.79 Å². The first-order valence-electron chi connectivity index (χ1n) is 29.8. The Morgan fingerprint density at radius 2 is 0.652 bits per heavy atom. The summed E-state index contributed by atoms with van der Waals surface area (Å²) < 4.78 is 0. The Labute approximate surface area is 413 Å². The molecule has 0 aliphatic carbocycles. The van der Waals surface area contributed by atoms with Crippen molar-refractivity contribution in [2.75, 3.05) is 6.61 Å². The van der Waals surface area contributed by atoms with Gasteiger partial charge < -0.3 is 20.6 Å². The summed E-state index contributed by atoms with van der Waals surface area (Å²) in [5.74, 6) is -0.325. The van der Waals surface area contributed by atoms with Crippen molar-refractivity contribution in [3.63, 3.8) is 0 Å². The summed E-state index contributed by atoms with van der Waals surface area (Å²) in [6.45, 7) is 4.20. The molecule has 3 atom stereocenters. The maximum absolute atomic E-state index is 12.5. The van der Waals surface area contributed by atoms with E-state index in [4.69, 9.17) is 0 Å². The van der Waals surface area contributed by atoms with Crippen molar-refractivity contribution >= 4 is 5.91 Å². The number of carbonyl (C=O) groups is 1. The molecule has 390 valence electrons. The number of hydrogen-bond acceptors (Lipinski definition) is 4. The van der Waals surface area contributed by atoms with E-state index in [1.54, 1.807) is 6.08 Å². The number of nitrogens with one attached hydrogen (secondary N) is 1. The molecule has 0 bridgehead atoms. The van der Waals surface area contributed by atoms with Crippen LogP contribution in [0.3, 0.4) is 0 Å². The first kappa shape index (κ1) is 64.6. The zero-order chi connectivity index (χ0) is 47.9. The van der Waals surface area contributed by atoms with E-state index < -0.39 is 18.2 Å². The first-order chi connectivity index (χ1) is 32.5. The van der Waals surface area contributed by atoms with Gasteiger partial charge in [-0.25, -0.2) is 0 Å². The molecule has 0 spiro atoms. The highest BCUT2D eigenvalue weighted by molar-refractivity contribution is 5.76. The van der Waals surface area contributed by atoms with Crippen LogP contribution in [-0.4, -0.2) is 46.1 Å². The van der Waals surface area contributed by atoms with Crippen LogP contribution in [0.5, 0.6) is 0 Å². The fourth-order valence-corrected chi connectivity index (χ4v) is 9.38. The van der Waals surface area contributed by atoms with E-state index in [1.807, 2.05) is 6.08 Å². The lowest BCUT2D eigenvalue weighted by Gasteiger charge is -2.21. The third-order valence-electron chi connectivity index (χ3n) is 13.9. The van der Waals surface area contributed by atoms with Gasteiger partial charge in [0.05, 0.1) is 31.3 Å². The molecule has 0 rings (SSSR count). The van der Waals surface area contributed by atoms with E-state index in [0.29, 0.717) is 6.42 Å². The van der Waals surface area contributed by atoms with Gasteiger partial charge in [0, 0.05) is 0 Å². The molecular weight excluding hydrogens is 811 g/mol. The van der Waals surface area contributed by atoms with Crippen LogP contribution in [0.15, 0.2) is 36.5 Å². The molecule has 0 saturated carbocycles. The molecule has 0 fully saturated rings. The van der Waals surface area contributed by atoms with Crippen molar-refractivity contribution in [3.8, 4) is 0 Å². The highest BCUT2D eigenvalue weighted by Crippen LogP contribution is 2.18. The van der Waals surface area contributed by atoms with Gasteiger partial charge in [-0.3, -0.25) is 4.79 Å². The summed E-state index contributed by atoms with van der Waals surface area (Å²) in [6.07, 6.45) is 73.7.